The Labute approximate surface area is 119 Å². The second kappa shape index (κ2) is 4.46. The lowest BCUT2D eigenvalue weighted by Gasteiger charge is -2.59. The van der Waals surface area contributed by atoms with E-state index in [4.69, 9.17) is 0 Å². The summed E-state index contributed by atoms with van der Waals surface area (Å²) in [6.45, 7) is 4.43. The van der Waals surface area contributed by atoms with Crippen molar-refractivity contribution in [1.29, 1.82) is 0 Å². The van der Waals surface area contributed by atoms with Crippen molar-refractivity contribution in [2.45, 2.75) is 6.54 Å². The van der Waals surface area contributed by atoms with Crippen LogP contribution in [0.25, 0.3) is 0 Å². The van der Waals surface area contributed by atoms with Crippen molar-refractivity contribution in [2.24, 2.45) is 0 Å². The number of nitrogens with zero attached hydrogens (tertiary/aromatic N) is 4. The second-order valence-corrected chi connectivity index (χ2v) is 8.47. The molecule has 1 aromatic carbocycles. The first-order valence-electron chi connectivity index (χ1n) is 6.87. The average molecular weight is 293 g/mol. The number of quaternary nitrogens is 1. The molecule has 4 fully saturated rings. The summed E-state index contributed by atoms with van der Waals surface area (Å²) in [4.78, 5) is 15.5. The Hall–Kier alpha value is -1.07. The monoisotopic (exact) mass is 293 g/mol. The molecule has 5 rings (SSSR count). The number of rotatable bonds is 3. The van der Waals surface area contributed by atoms with Gasteiger partial charge in [-0.2, -0.15) is 0 Å². The van der Waals surface area contributed by atoms with Crippen molar-refractivity contribution in [3.63, 3.8) is 0 Å². The molecule has 4 aliphatic rings. The van der Waals surface area contributed by atoms with Gasteiger partial charge in [-0.05, 0) is 20.1 Å². The van der Waals surface area contributed by atoms with Crippen LogP contribution in [-0.4, -0.2) is 58.1 Å². The summed E-state index contributed by atoms with van der Waals surface area (Å²) in [6.07, 6.45) is 3.94. The molecule has 4 aliphatic heterocycles. The topological polar surface area (TPSA) is 49.6 Å². The van der Waals surface area contributed by atoms with Crippen LogP contribution in [0.3, 0.4) is 0 Å². The van der Waals surface area contributed by atoms with Gasteiger partial charge in [-0.3, -0.25) is 14.6 Å². The quantitative estimate of drug-likeness (QED) is 0.369. The standard InChI is InChI=1S/C13H18N4O2P/c18-16(19)13-3-1-12(2-4-13)5-17-7-14-6-15(8-17)10-20(9-14)11-17/h1-4H,5-11H2/q+1. The normalized spacial score (nSPS) is 38.1. The summed E-state index contributed by atoms with van der Waals surface area (Å²) in [6, 6.07) is 7.11. The molecule has 4 heterocycles. The molecular formula is C13H18N4O2P+. The van der Waals surface area contributed by atoms with E-state index in [-0.39, 0.29) is 18.5 Å². The molecule has 6 nitrogen and oxygen atoms in total. The van der Waals surface area contributed by atoms with Gasteiger partial charge in [-0.1, -0.05) is 0 Å². The third-order valence-electron chi connectivity index (χ3n) is 4.37. The summed E-state index contributed by atoms with van der Waals surface area (Å²) in [5, 5.41) is 10.7. The third kappa shape index (κ3) is 2.13. The lowest BCUT2D eigenvalue weighted by Crippen LogP contribution is -2.71. The lowest BCUT2D eigenvalue weighted by molar-refractivity contribution is -0.960. The van der Waals surface area contributed by atoms with E-state index in [0.717, 1.165) is 31.0 Å². The van der Waals surface area contributed by atoms with E-state index in [2.05, 4.69) is 9.80 Å². The molecule has 0 radical (unpaired) electrons. The zero-order valence-electron chi connectivity index (χ0n) is 11.3. The molecule has 7 heteroatoms. The van der Waals surface area contributed by atoms with E-state index < -0.39 is 0 Å². The minimum absolute atomic E-state index is 0.143. The van der Waals surface area contributed by atoms with Gasteiger partial charge >= 0.3 is 0 Å². The van der Waals surface area contributed by atoms with Gasteiger partial charge in [0.15, 0.2) is 0 Å². The Morgan fingerprint density at radius 2 is 1.85 bits per heavy atom. The van der Waals surface area contributed by atoms with Gasteiger partial charge < -0.3 is 0 Å². The van der Waals surface area contributed by atoms with Gasteiger partial charge in [0, 0.05) is 30.3 Å². The maximum absolute atomic E-state index is 10.7. The average Bonchev–Trinajstić information content (AvgIpc) is 2.37. The first-order chi connectivity index (χ1) is 9.62. The highest BCUT2D eigenvalue weighted by atomic mass is 31.1. The van der Waals surface area contributed by atoms with Crippen LogP contribution >= 0.6 is 7.92 Å². The highest BCUT2D eigenvalue weighted by Gasteiger charge is 2.49. The molecule has 0 spiro atoms. The van der Waals surface area contributed by atoms with Gasteiger partial charge in [-0.15, -0.1) is 0 Å². The maximum Gasteiger partial charge on any atom is 0.269 e. The molecule has 0 N–H and O–H groups in total. The summed E-state index contributed by atoms with van der Waals surface area (Å²) in [7, 11) is 0.143. The highest BCUT2D eigenvalue weighted by molar-refractivity contribution is 7.57. The van der Waals surface area contributed by atoms with Crippen molar-refractivity contribution >= 4 is 13.6 Å². The fraction of sp³-hybridized carbons (Fsp3) is 0.538. The van der Waals surface area contributed by atoms with Crippen molar-refractivity contribution in [3.05, 3.63) is 39.9 Å². The fourth-order valence-corrected chi connectivity index (χ4v) is 6.80. The molecular weight excluding hydrogens is 275 g/mol. The number of hydrogen-bond donors (Lipinski definition) is 0. The van der Waals surface area contributed by atoms with Crippen molar-refractivity contribution in [3.8, 4) is 0 Å². The molecule has 4 saturated heterocycles. The molecule has 0 saturated carbocycles. The summed E-state index contributed by atoms with van der Waals surface area (Å²) < 4.78 is 1.13. The maximum atomic E-state index is 10.7. The fourth-order valence-electron chi connectivity index (χ4n) is 3.92. The predicted octanol–water partition coefficient (Wildman–Crippen LogP) is 1.78. The van der Waals surface area contributed by atoms with Gasteiger partial charge in [0.05, 0.1) is 11.6 Å². The van der Waals surface area contributed by atoms with Crippen LogP contribution in [0, 0.1) is 10.1 Å². The second-order valence-electron chi connectivity index (χ2n) is 6.28. The third-order valence-corrected chi connectivity index (χ3v) is 6.97. The summed E-state index contributed by atoms with van der Waals surface area (Å²) >= 11 is 0. The van der Waals surface area contributed by atoms with E-state index >= 15 is 0 Å². The minimum atomic E-state index is -0.329. The van der Waals surface area contributed by atoms with Crippen LogP contribution in [0.1, 0.15) is 5.56 Å². The van der Waals surface area contributed by atoms with E-state index in [9.17, 15) is 10.1 Å². The molecule has 20 heavy (non-hydrogen) atoms. The summed E-state index contributed by atoms with van der Waals surface area (Å²) in [5.74, 6) is 0. The Bertz CT molecular complexity index is 513. The van der Waals surface area contributed by atoms with Crippen molar-refractivity contribution in [1.82, 2.24) is 9.80 Å². The van der Waals surface area contributed by atoms with E-state index in [0.29, 0.717) is 0 Å². The zero-order chi connectivity index (χ0) is 13.7. The molecule has 2 atom stereocenters. The first-order valence-corrected chi connectivity index (χ1v) is 8.77. The predicted molar refractivity (Wildman–Crippen MR) is 76.9 cm³/mol. The van der Waals surface area contributed by atoms with Crippen molar-refractivity contribution in [2.75, 3.05) is 38.9 Å². The summed E-state index contributed by atoms with van der Waals surface area (Å²) in [5.41, 5.74) is 1.40. The van der Waals surface area contributed by atoms with Crippen LogP contribution in [-0.2, 0) is 6.54 Å². The Kier molecular flexibility index (Phi) is 2.82. The first kappa shape index (κ1) is 12.7. The van der Waals surface area contributed by atoms with E-state index in [1.54, 1.807) is 12.1 Å². The number of nitro groups is 1. The van der Waals surface area contributed by atoms with E-state index in [1.165, 1.54) is 24.4 Å². The van der Waals surface area contributed by atoms with Crippen LogP contribution in [0.5, 0.6) is 0 Å². The van der Waals surface area contributed by atoms with Crippen LogP contribution in [0.2, 0.25) is 0 Å². The van der Waals surface area contributed by atoms with Gasteiger partial charge in [0.2, 0.25) is 0 Å². The molecule has 4 bridgehead atoms. The molecule has 0 amide bonds. The van der Waals surface area contributed by atoms with Crippen LogP contribution in [0.15, 0.2) is 24.3 Å². The van der Waals surface area contributed by atoms with Crippen LogP contribution < -0.4 is 0 Å². The van der Waals surface area contributed by atoms with Crippen molar-refractivity contribution < 1.29 is 9.41 Å². The lowest BCUT2D eigenvalue weighted by atomic mass is 10.2. The number of non-ortho nitro benzene ring substituents is 1. The number of hydrogen-bond acceptors (Lipinski definition) is 4. The van der Waals surface area contributed by atoms with Gasteiger partial charge in [0.1, 0.15) is 26.2 Å². The Balaban J connectivity index is 1.55. The van der Waals surface area contributed by atoms with E-state index in [1.807, 2.05) is 12.1 Å². The SMILES string of the molecule is O=[N+]([O-])c1ccc(C[N+]23CN4CN(CP(C4)C2)C3)cc1. The molecule has 106 valence electrons. The molecule has 1 aromatic rings. The number of benzene rings is 1. The number of nitro benzene ring substituents is 1. The Morgan fingerprint density at radius 3 is 2.40 bits per heavy atom. The van der Waals surface area contributed by atoms with Gasteiger partial charge in [0.25, 0.3) is 5.69 Å². The minimum Gasteiger partial charge on any atom is -0.291 e. The molecule has 0 aliphatic carbocycles. The largest absolute Gasteiger partial charge is 0.291 e. The Morgan fingerprint density at radius 1 is 1.20 bits per heavy atom. The zero-order valence-corrected chi connectivity index (χ0v) is 12.2. The highest BCUT2D eigenvalue weighted by Crippen LogP contribution is 2.51. The molecule has 2 unspecified atom stereocenters. The van der Waals surface area contributed by atoms with Gasteiger partial charge in [-0.25, -0.2) is 9.80 Å². The molecule has 0 aromatic heterocycles. The smallest absolute Gasteiger partial charge is 0.269 e. The van der Waals surface area contributed by atoms with Crippen LogP contribution in [0.4, 0.5) is 5.69 Å².